The Kier molecular flexibility index (Phi) is 6.58. The molecule has 0 unspecified atom stereocenters. The standard InChI is InChI=1S/C18H25N3O3S/c22-17(21-10-11-25-13-21)16(15-6-8-19-9-7-15)20-18(23)24-12-14-4-2-1-3-5-14/h1-5,15-16,19H,6-13H2,(H,20,23)/t16-/m0/s1. The third-order valence-corrected chi connectivity index (χ3v) is 5.64. The zero-order valence-corrected chi connectivity index (χ0v) is 15.1. The van der Waals surface area contributed by atoms with Crippen LogP contribution in [0, 0.1) is 5.92 Å². The maximum absolute atomic E-state index is 12.9. The highest BCUT2D eigenvalue weighted by molar-refractivity contribution is 7.99. The zero-order chi connectivity index (χ0) is 17.5. The highest BCUT2D eigenvalue weighted by atomic mass is 32.2. The smallest absolute Gasteiger partial charge is 0.408 e. The molecule has 3 rings (SSSR count). The number of amides is 2. The molecule has 2 aliphatic heterocycles. The van der Waals surface area contributed by atoms with Gasteiger partial charge in [0.05, 0.1) is 5.88 Å². The molecular weight excluding hydrogens is 338 g/mol. The van der Waals surface area contributed by atoms with Gasteiger partial charge in [-0.25, -0.2) is 4.79 Å². The SMILES string of the molecule is O=C(N[C@H](C(=O)N1CCSC1)C1CCNCC1)OCc1ccccc1. The number of hydrogen-bond acceptors (Lipinski definition) is 5. The van der Waals surface area contributed by atoms with Crippen LogP contribution in [0.2, 0.25) is 0 Å². The average molecular weight is 363 g/mol. The highest BCUT2D eigenvalue weighted by Gasteiger charge is 2.35. The van der Waals surface area contributed by atoms with Crippen molar-refractivity contribution in [3.8, 4) is 0 Å². The molecule has 0 radical (unpaired) electrons. The second kappa shape index (κ2) is 9.10. The summed E-state index contributed by atoms with van der Waals surface area (Å²) in [6, 6.07) is 9.05. The maximum atomic E-state index is 12.9. The summed E-state index contributed by atoms with van der Waals surface area (Å²) in [5, 5.41) is 6.15. The van der Waals surface area contributed by atoms with E-state index in [-0.39, 0.29) is 18.4 Å². The number of alkyl carbamates (subject to hydrolysis) is 1. The van der Waals surface area contributed by atoms with Crippen molar-refractivity contribution in [2.75, 3.05) is 31.3 Å². The van der Waals surface area contributed by atoms with Crippen LogP contribution in [0.4, 0.5) is 4.79 Å². The predicted molar refractivity (Wildman–Crippen MR) is 98.2 cm³/mol. The minimum atomic E-state index is -0.521. The van der Waals surface area contributed by atoms with Gasteiger partial charge in [-0.15, -0.1) is 11.8 Å². The van der Waals surface area contributed by atoms with Gasteiger partial charge in [-0.2, -0.15) is 0 Å². The van der Waals surface area contributed by atoms with Gasteiger partial charge in [0.25, 0.3) is 0 Å². The van der Waals surface area contributed by atoms with Crippen LogP contribution in [0.3, 0.4) is 0 Å². The number of piperidine rings is 1. The fourth-order valence-electron chi connectivity index (χ4n) is 3.24. The topological polar surface area (TPSA) is 70.7 Å². The third kappa shape index (κ3) is 5.12. The molecule has 1 aromatic carbocycles. The summed E-state index contributed by atoms with van der Waals surface area (Å²) in [4.78, 5) is 27.0. The van der Waals surface area contributed by atoms with Crippen molar-refractivity contribution >= 4 is 23.8 Å². The molecule has 0 saturated carbocycles. The zero-order valence-electron chi connectivity index (χ0n) is 14.3. The lowest BCUT2D eigenvalue weighted by Crippen LogP contribution is -2.53. The summed E-state index contributed by atoms with van der Waals surface area (Å²) in [6.45, 7) is 2.72. The molecule has 7 heteroatoms. The minimum Gasteiger partial charge on any atom is -0.445 e. The number of carbonyl (C=O) groups is 2. The molecule has 0 spiro atoms. The maximum Gasteiger partial charge on any atom is 0.408 e. The summed E-state index contributed by atoms with van der Waals surface area (Å²) < 4.78 is 5.32. The summed E-state index contributed by atoms with van der Waals surface area (Å²) >= 11 is 1.75. The Hall–Kier alpha value is -1.73. The second-order valence-electron chi connectivity index (χ2n) is 6.41. The van der Waals surface area contributed by atoms with E-state index in [1.54, 1.807) is 11.8 Å². The average Bonchev–Trinajstić information content (AvgIpc) is 3.20. The molecule has 2 N–H and O–H groups in total. The van der Waals surface area contributed by atoms with Crippen LogP contribution < -0.4 is 10.6 Å². The number of nitrogens with zero attached hydrogens (tertiary/aromatic N) is 1. The summed E-state index contributed by atoms with van der Waals surface area (Å²) in [5.74, 6) is 1.85. The van der Waals surface area contributed by atoms with Gasteiger partial charge in [-0.3, -0.25) is 4.79 Å². The van der Waals surface area contributed by atoms with Crippen molar-refractivity contribution < 1.29 is 14.3 Å². The lowest BCUT2D eigenvalue weighted by molar-refractivity contribution is -0.133. The molecule has 1 aromatic rings. The quantitative estimate of drug-likeness (QED) is 0.835. The lowest BCUT2D eigenvalue weighted by Gasteiger charge is -2.32. The molecule has 2 amide bonds. The molecule has 25 heavy (non-hydrogen) atoms. The molecule has 0 aromatic heterocycles. The van der Waals surface area contributed by atoms with Crippen LogP contribution in [0.25, 0.3) is 0 Å². The molecule has 2 heterocycles. The van der Waals surface area contributed by atoms with Crippen molar-refractivity contribution in [1.29, 1.82) is 0 Å². The van der Waals surface area contributed by atoms with Crippen LogP contribution in [0.15, 0.2) is 30.3 Å². The van der Waals surface area contributed by atoms with E-state index in [0.717, 1.165) is 43.8 Å². The molecule has 6 nitrogen and oxygen atoms in total. The normalized spacial score (nSPS) is 19.4. The fraction of sp³-hybridized carbons (Fsp3) is 0.556. The number of benzene rings is 1. The van der Waals surface area contributed by atoms with E-state index in [1.165, 1.54) is 0 Å². The van der Waals surface area contributed by atoms with Gasteiger partial charge in [0.15, 0.2) is 0 Å². The summed E-state index contributed by atoms with van der Waals surface area (Å²) in [5.41, 5.74) is 0.929. The van der Waals surface area contributed by atoms with Crippen molar-refractivity contribution in [2.45, 2.75) is 25.5 Å². The number of ether oxygens (including phenoxy) is 1. The summed E-state index contributed by atoms with van der Waals surface area (Å²) in [7, 11) is 0. The third-order valence-electron chi connectivity index (χ3n) is 4.67. The van der Waals surface area contributed by atoms with E-state index in [0.29, 0.717) is 5.88 Å². The van der Waals surface area contributed by atoms with Crippen molar-refractivity contribution in [1.82, 2.24) is 15.5 Å². The van der Waals surface area contributed by atoms with Gasteiger partial charge >= 0.3 is 6.09 Å². The van der Waals surface area contributed by atoms with Gasteiger partial charge in [0, 0.05) is 12.3 Å². The number of thioether (sulfide) groups is 1. The van der Waals surface area contributed by atoms with E-state index in [1.807, 2.05) is 35.2 Å². The van der Waals surface area contributed by atoms with E-state index >= 15 is 0 Å². The van der Waals surface area contributed by atoms with Crippen LogP contribution >= 0.6 is 11.8 Å². The molecule has 136 valence electrons. The fourth-order valence-corrected chi connectivity index (χ4v) is 4.19. The Balaban J connectivity index is 1.59. The number of hydrogen-bond donors (Lipinski definition) is 2. The lowest BCUT2D eigenvalue weighted by atomic mass is 9.89. The number of nitrogens with one attached hydrogen (secondary N) is 2. The molecule has 2 fully saturated rings. The van der Waals surface area contributed by atoms with E-state index in [9.17, 15) is 9.59 Å². The van der Waals surface area contributed by atoms with E-state index in [2.05, 4.69) is 10.6 Å². The van der Waals surface area contributed by atoms with Gasteiger partial charge in [0.1, 0.15) is 12.6 Å². The van der Waals surface area contributed by atoms with Crippen molar-refractivity contribution in [2.24, 2.45) is 5.92 Å². The Morgan fingerprint density at radius 1 is 1.28 bits per heavy atom. The minimum absolute atomic E-state index is 0.0218. The van der Waals surface area contributed by atoms with Crippen LogP contribution in [-0.4, -0.2) is 54.2 Å². The van der Waals surface area contributed by atoms with Gasteiger partial charge in [0.2, 0.25) is 5.91 Å². The Morgan fingerprint density at radius 3 is 2.72 bits per heavy atom. The molecule has 0 bridgehead atoms. The predicted octanol–water partition coefficient (Wildman–Crippen LogP) is 1.81. The number of rotatable bonds is 5. The van der Waals surface area contributed by atoms with Crippen molar-refractivity contribution in [3.05, 3.63) is 35.9 Å². The van der Waals surface area contributed by atoms with Crippen LogP contribution in [-0.2, 0) is 16.1 Å². The first-order chi connectivity index (χ1) is 12.2. The van der Waals surface area contributed by atoms with Gasteiger partial charge in [-0.1, -0.05) is 30.3 Å². The van der Waals surface area contributed by atoms with E-state index in [4.69, 9.17) is 4.74 Å². The first kappa shape index (κ1) is 18.1. The van der Waals surface area contributed by atoms with Crippen LogP contribution in [0.1, 0.15) is 18.4 Å². The Labute approximate surface area is 152 Å². The monoisotopic (exact) mass is 363 g/mol. The Bertz CT molecular complexity index is 572. The largest absolute Gasteiger partial charge is 0.445 e. The molecule has 2 saturated heterocycles. The number of carbonyl (C=O) groups excluding carboxylic acids is 2. The highest BCUT2D eigenvalue weighted by Crippen LogP contribution is 2.22. The van der Waals surface area contributed by atoms with Gasteiger partial charge in [-0.05, 0) is 37.4 Å². The summed E-state index contributed by atoms with van der Waals surface area (Å²) in [6.07, 6.45) is 1.25. The molecule has 0 aliphatic carbocycles. The van der Waals surface area contributed by atoms with E-state index < -0.39 is 12.1 Å². The first-order valence-corrected chi connectivity index (χ1v) is 9.94. The second-order valence-corrected chi connectivity index (χ2v) is 7.48. The first-order valence-electron chi connectivity index (χ1n) is 8.78. The van der Waals surface area contributed by atoms with Crippen LogP contribution in [0.5, 0.6) is 0 Å². The molecular formula is C18H25N3O3S. The Morgan fingerprint density at radius 2 is 2.04 bits per heavy atom. The molecule has 2 aliphatic rings. The van der Waals surface area contributed by atoms with Gasteiger partial charge < -0.3 is 20.3 Å². The van der Waals surface area contributed by atoms with Crippen molar-refractivity contribution in [3.63, 3.8) is 0 Å². The molecule has 1 atom stereocenters.